The van der Waals surface area contributed by atoms with Crippen molar-refractivity contribution in [1.29, 1.82) is 0 Å². The number of primary amides is 1. The van der Waals surface area contributed by atoms with Crippen LogP contribution in [0.3, 0.4) is 0 Å². The summed E-state index contributed by atoms with van der Waals surface area (Å²) in [5.74, 6) is 0.109. The van der Waals surface area contributed by atoms with E-state index in [1.807, 2.05) is 24.3 Å². The Labute approximate surface area is 133 Å². The Morgan fingerprint density at radius 2 is 2.00 bits per heavy atom. The molecule has 0 spiro atoms. The minimum atomic E-state index is -0.682. The number of rotatable bonds is 3. The van der Waals surface area contributed by atoms with Crippen LogP contribution >= 0.6 is 0 Å². The van der Waals surface area contributed by atoms with Crippen LogP contribution in [0.25, 0.3) is 0 Å². The van der Waals surface area contributed by atoms with Gasteiger partial charge in [-0.15, -0.1) is 0 Å². The highest BCUT2D eigenvalue weighted by Gasteiger charge is 2.37. The van der Waals surface area contributed by atoms with Gasteiger partial charge < -0.3 is 15.8 Å². The molecule has 118 valence electrons. The van der Waals surface area contributed by atoms with Gasteiger partial charge in [0.05, 0.1) is 7.11 Å². The van der Waals surface area contributed by atoms with Gasteiger partial charge in [-0.1, -0.05) is 24.3 Å². The molecule has 0 fully saturated rings. The lowest BCUT2D eigenvalue weighted by Gasteiger charge is -2.23. The Kier molecular flexibility index (Phi) is 3.89. The molecular weight excluding hydrogens is 294 g/mol. The second kappa shape index (κ2) is 6.00. The molecule has 6 nitrogen and oxygen atoms in total. The molecule has 0 unspecified atom stereocenters. The van der Waals surface area contributed by atoms with Gasteiger partial charge in [0, 0.05) is 23.9 Å². The van der Waals surface area contributed by atoms with E-state index in [2.05, 4.69) is 5.32 Å². The first-order valence-electron chi connectivity index (χ1n) is 7.21. The molecule has 0 radical (unpaired) electrons. The summed E-state index contributed by atoms with van der Waals surface area (Å²) in [6, 6.07) is 13.3. The normalized spacial score (nSPS) is 15.9. The molecule has 0 aromatic heterocycles. The van der Waals surface area contributed by atoms with Crippen molar-refractivity contribution in [3.05, 3.63) is 54.1 Å². The summed E-state index contributed by atoms with van der Waals surface area (Å²) in [5, 5.41) is 2.78. The fraction of sp³-hybridized carbons (Fsp3) is 0.176. The van der Waals surface area contributed by atoms with E-state index in [-0.39, 0.29) is 0 Å². The lowest BCUT2D eigenvalue weighted by molar-refractivity contribution is -0.119. The number of fused-ring (bicyclic) bond motifs is 1. The van der Waals surface area contributed by atoms with E-state index in [1.165, 1.54) is 4.90 Å². The zero-order valence-corrected chi connectivity index (χ0v) is 12.7. The molecule has 3 amide bonds. The first-order valence-corrected chi connectivity index (χ1v) is 7.21. The van der Waals surface area contributed by atoms with Crippen LogP contribution < -0.4 is 20.7 Å². The predicted molar refractivity (Wildman–Crippen MR) is 87.6 cm³/mol. The molecule has 1 aliphatic heterocycles. The largest absolute Gasteiger partial charge is 0.497 e. The lowest BCUT2D eigenvalue weighted by atomic mass is 10.1. The van der Waals surface area contributed by atoms with Gasteiger partial charge in [-0.05, 0) is 23.8 Å². The smallest absolute Gasteiger partial charge is 0.327 e. The summed E-state index contributed by atoms with van der Waals surface area (Å²) in [5.41, 5.74) is 7.68. The number of benzene rings is 2. The van der Waals surface area contributed by atoms with E-state index in [1.54, 1.807) is 31.4 Å². The first kappa shape index (κ1) is 14.9. The molecule has 1 atom stereocenters. The number of nitrogens with zero attached hydrogens (tertiary/aromatic N) is 1. The van der Waals surface area contributed by atoms with Crippen LogP contribution in [-0.4, -0.2) is 25.1 Å². The Morgan fingerprint density at radius 3 is 2.74 bits per heavy atom. The molecule has 2 aromatic carbocycles. The maximum atomic E-state index is 12.7. The number of methoxy groups -OCH3 is 1. The molecule has 0 aliphatic carbocycles. The van der Waals surface area contributed by atoms with Crippen molar-refractivity contribution in [1.82, 2.24) is 0 Å². The fourth-order valence-electron chi connectivity index (χ4n) is 2.75. The minimum absolute atomic E-state index is 0.396. The van der Waals surface area contributed by atoms with E-state index < -0.39 is 18.0 Å². The van der Waals surface area contributed by atoms with Gasteiger partial charge in [0.1, 0.15) is 11.8 Å². The van der Waals surface area contributed by atoms with E-state index in [4.69, 9.17) is 10.5 Å². The zero-order chi connectivity index (χ0) is 16.4. The predicted octanol–water partition coefficient (Wildman–Crippen LogP) is 2.14. The topological polar surface area (TPSA) is 84.7 Å². The number of nitrogens with one attached hydrogen (secondary N) is 1. The van der Waals surface area contributed by atoms with Crippen LogP contribution in [-0.2, 0) is 11.2 Å². The third-order valence-electron chi connectivity index (χ3n) is 3.84. The number of carbonyl (C=O) groups excluding carboxylic acids is 2. The Hall–Kier alpha value is -3.02. The monoisotopic (exact) mass is 311 g/mol. The number of amides is 3. The number of carbonyl (C=O) groups is 2. The second-order valence-electron chi connectivity index (χ2n) is 5.28. The summed E-state index contributed by atoms with van der Waals surface area (Å²) in [7, 11) is 1.56. The fourth-order valence-corrected chi connectivity index (χ4v) is 2.75. The maximum absolute atomic E-state index is 12.7. The van der Waals surface area contributed by atoms with Gasteiger partial charge >= 0.3 is 6.03 Å². The number of hydrogen-bond acceptors (Lipinski definition) is 3. The number of ether oxygens (including phenoxy) is 1. The highest BCUT2D eigenvalue weighted by Crippen LogP contribution is 2.32. The van der Waals surface area contributed by atoms with Crippen molar-refractivity contribution in [2.75, 3.05) is 17.3 Å². The molecule has 3 N–H and O–H groups in total. The van der Waals surface area contributed by atoms with Crippen molar-refractivity contribution < 1.29 is 14.3 Å². The Balaban J connectivity index is 1.88. The summed E-state index contributed by atoms with van der Waals surface area (Å²) in [6.07, 6.45) is 0.428. The summed E-state index contributed by atoms with van der Waals surface area (Å²) < 4.78 is 5.14. The number of hydrogen-bond donors (Lipinski definition) is 2. The minimum Gasteiger partial charge on any atom is -0.497 e. The highest BCUT2D eigenvalue weighted by molar-refractivity contribution is 6.08. The molecule has 0 saturated carbocycles. The highest BCUT2D eigenvalue weighted by atomic mass is 16.5. The Bertz CT molecular complexity index is 760. The van der Waals surface area contributed by atoms with Crippen LogP contribution in [0.5, 0.6) is 5.75 Å². The summed E-state index contributed by atoms with van der Waals surface area (Å²) >= 11 is 0. The van der Waals surface area contributed by atoms with Gasteiger partial charge in [0.15, 0.2) is 0 Å². The molecule has 6 heteroatoms. The zero-order valence-electron chi connectivity index (χ0n) is 12.7. The van der Waals surface area contributed by atoms with Gasteiger partial charge in [-0.25, -0.2) is 4.79 Å². The second-order valence-corrected chi connectivity index (χ2v) is 5.28. The van der Waals surface area contributed by atoms with Gasteiger partial charge in [-0.3, -0.25) is 9.69 Å². The average molecular weight is 311 g/mol. The van der Waals surface area contributed by atoms with Gasteiger partial charge in [0.2, 0.25) is 5.91 Å². The van der Waals surface area contributed by atoms with Crippen molar-refractivity contribution in [2.24, 2.45) is 5.73 Å². The van der Waals surface area contributed by atoms with Crippen molar-refractivity contribution >= 4 is 23.3 Å². The van der Waals surface area contributed by atoms with Crippen molar-refractivity contribution in [3.63, 3.8) is 0 Å². The van der Waals surface area contributed by atoms with Gasteiger partial charge in [0.25, 0.3) is 0 Å². The molecule has 0 bridgehead atoms. The van der Waals surface area contributed by atoms with Crippen LogP contribution in [0.4, 0.5) is 16.2 Å². The number of para-hydroxylation sites is 1. The van der Waals surface area contributed by atoms with E-state index in [0.717, 1.165) is 5.56 Å². The standard InChI is InChI=1S/C17H17N3O3/c1-23-13-7-4-6-12(10-13)19-17(22)20-14-8-3-2-5-11(14)9-15(20)16(18)21/h2-8,10,15H,9H2,1H3,(H2,18,21)(H,19,22)/t15-/m0/s1. The molecule has 1 aliphatic rings. The molecule has 1 heterocycles. The molecule has 23 heavy (non-hydrogen) atoms. The molecule has 0 saturated heterocycles. The number of urea groups is 1. The number of nitrogens with two attached hydrogens (primary N) is 1. The average Bonchev–Trinajstić information content (AvgIpc) is 2.95. The van der Waals surface area contributed by atoms with E-state index in [0.29, 0.717) is 23.5 Å². The van der Waals surface area contributed by atoms with Crippen LogP contribution in [0, 0.1) is 0 Å². The Morgan fingerprint density at radius 1 is 1.22 bits per heavy atom. The third-order valence-corrected chi connectivity index (χ3v) is 3.84. The van der Waals surface area contributed by atoms with E-state index >= 15 is 0 Å². The number of anilines is 2. The quantitative estimate of drug-likeness (QED) is 0.911. The van der Waals surface area contributed by atoms with Crippen molar-refractivity contribution in [3.8, 4) is 5.75 Å². The maximum Gasteiger partial charge on any atom is 0.327 e. The van der Waals surface area contributed by atoms with Crippen LogP contribution in [0.15, 0.2) is 48.5 Å². The summed E-state index contributed by atoms with van der Waals surface area (Å²) in [4.78, 5) is 25.8. The van der Waals surface area contributed by atoms with Crippen LogP contribution in [0.1, 0.15) is 5.56 Å². The third kappa shape index (κ3) is 2.83. The van der Waals surface area contributed by atoms with Crippen molar-refractivity contribution in [2.45, 2.75) is 12.5 Å². The lowest BCUT2D eigenvalue weighted by Crippen LogP contribution is -2.47. The molecular formula is C17H17N3O3. The molecule has 2 aromatic rings. The molecule has 3 rings (SSSR count). The summed E-state index contributed by atoms with van der Waals surface area (Å²) in [6.45, 7) is 0. The SMILES string of the molecule is COc1cccc(NC(=O)N2c3ccccc3C[C@H]2C(N)=O)c1. The first-order chi connectivity index (χ1) is 11.1. The van der Waals surface area contributed by atoms with Crippen LogP contribution in [0.2, 0.25) is 0 Å². The van der Waals surface area contributed by atoms with Gasteiger partial charge in [-0.2, -0.15) is 0 Å². The van der Waals surface area contributed by atoms with E-state index in [9.17, 15) is 9.59 Å².